The molecule has 25 heavy (non-hydrogen) atoms. The lowest BCUT2D eigenvalue weighted by Crippen LogP contribution is -2.39. The first-order valence-corrected chi connectivity index (χ1v) is 9.51. The van der Waals surface area contributed by atoms with Gasteiger partial charge in [0.15, 0.2) is 0 Å². The molecule has 1 unspecified atom stereocenters. The number of aromatic nitrogens is 3. The molecule has 0 bridgehead atoms. The lowest BCUT2D eigenvalue weighted by molar-refractivity contribution is -0.127. The van der Waals surface area contributed by atoms with Crippen LogP contribution in [0.5, 0.6) is 0 Å². The molecule has 0 spiro atoms. The maximum atomic E-state index is 12.5. The maximum absolute atomic E-state index is 12.5. The van der Waals surface area contributed by atoms with E-state index in [0.717, 1.165) is 30.1 Å². The molecule has 3 heterocycles. The molecule has 0 radical (unpaired) electrons. The van der Waals surface area contributed by atoms with Crippen LogP contribution in [0.25, 0.3) is 6.08 Å². The van der Waals surface area contributed by atoms with E-state index in [2.05, 4.69) is 5.10 Å². The second-order valence-corrected chi connectivity index (χ2v) is 7.68. The Morgan fingerprint density at radius 1 is 1.44 bits per heavy atom. The van der Waals surface area contributed by atoms with Crippen molar-refractivity contribution in [3.05, 3.63) is 44.8 Å². The standard InChI is InChI=1S/C18H24N4O2S/c1-13(2)22-17(19-20(3)18(22)24)14-6-4-10-21(12-14)16(23)9-8-15-7-5-11-25-15/h5,7-9,11,13-14H,4,6,10,12H2,1-3H3/b9-8+. The van der Waals surface area contributed by atoms with Crippen LogP contribution in [0.1, 0.15) is 49.4 Å². The van der Waals surface area contributed by atoms with E-state index in [0.29, 0.717) is 6.54 Å². The number of amides is 1. The Kier molecular flexibility index (Phi) is 5.22. The fourth-order valence-corrected chi connectivity index (χ4v) is 3.91. The van der Waals surface area contributed by atoms with Crippen molar-refractivity contribution in [2.75, 3.05) is 13.1 Å². The average molecular weight is 360 g/mol. The predicted octanol–water partition coefficient (Wildman–Crippen LogP) is 2.64. The molecule has 1 fully saturated rings. The molecule has 7 heteroatoms. The first-order valence-electron chi connectivity index (χ1n) is 8.63. The first kappa shape index (κ1) is 17.7. The van der Waals surface area contributed by atoms with Gasteiger partial charge in [0, 0.05) is 43.1 Å². The zero-order chi connectivity index (χ0) is 18.0. The van der Waals surface area contributed by atoms with Gasteiger partial charge < -0.3 is 4.90 Å². The molecule has 2 aromatic rings. The third-order valence-electron chi connectivity index (χ3n) is 4.53. The molecule has 3 rings (SSSR count). The summed E-state index contributed by atoms with van der Waals surface area (Å²) in [6.45, 7) is 5.34. The minimum absolute atomic E-state index is 0.0208. The second-order valence-electron chi connectivity index (χ2n) is 6.70. The highest BCUT2D eigenvalue weighted by atomic mass is 32.1. The van der Waals surface area contributed by atoms with E-state index < -0.39 is 0 Å². The Morgan fingerprint density at radius 3 is 2.92 bits per heavy atom. The average Bonchev–Trinajstić information content (AvgIpc) is 3.21. The molecule has 1 amide bonds. The summed E-state index contributed by atoms with van der Waals surface area (Å²) in [7, 11) is 1.68. The fraction of sp³-hybridized carbons (Fsp3) is 0.500. The summed E-state index contributed by atoms with van der Waals surface area (Å²) in [5, 5.41) is 6.44. The zero-order valence-corrected chi connectivity index (χ0v) is 15.7. The van der Waals surface area contributed by atoms with Crippen molar-refractivity contribution in [2.45, 2.75) is 38.6 Å². The monoisotopic (exact) mass is 360 g/mol. The number of carbonyl (C=O) groups is 1. The quantitative estimate of drug-likeness (QED) is 0.788. The van der Waals surface area contributed by atoms with Crippen molar-refractivity contribution >= 4 is 23.3 Å². The van der Waals surface area contributed by atoms with Gasteiger partial charge >= 0.3 is 5.69 Å². The van der Waals surface area contributed by atoms with Gasteiger partial charge in [0.1, 0.15) is 5.82 Å². The van der Waals surface area contributed by atoms with Crippen LogP contribution in [0.2, 0.25) is 0 Å². The lowest BCUT2D eigenvalue weighted by atomic mass is 9.96. The summed E-state index contributed by atoms with van der Waals surface area (Å²) < 4.78 is 3.15. The number of hydrogen-bond acceptors (Lipinski definition) is 4. The van der Waals surface area contributed by atoms with Crippen LogP contribution < -0.4 is 5.69 Å². The van der Waals surface area contributed by atoms with Gasteiger partial charge in [-0.1, -0.05) is 6.07 Å². The van der Waals surface area contributed by atoms with Gasteiger partial charge in [-0.3, -0.25) is 9.36 Å². The summed E-state index contributed by atoms with van der Waals surface area (Å²) in [6, 6.07) is 4.02. The number of carbonyl (C=O) groups excluding carboxylic acids is 1. The fourth-order valence-electron chi connectivity index (χ4n) is 3.30. The third kappa shape index (κ3) is 3.76. The third-order valence-corrected chi connectivity index (χ3v) is 5.37. The van der Waals surface area contributed by atoms with E-state index in [1.807, 2.05) is 42.3 Å². The molecule has 0 aromatic carbocycles. The van der Waals surface area contributed by atoms with Crippen molar-refractivity contribution < 1.29 is 4.79 Å². The van der Waals surface area contributed by atoms with Crippen LogP contribution in [0.15, 0.2) is 28.4 Å². The van der Waals surface area contributed by atoms with E-state index in [-0.39, 0.29) is 23.6 Å². The first-order chi connectivity index (χ1) is 12.0. The van der Waals surface area contributed by atoms with Gasteiger partial charge in [0.05, 0.1) is 0 Å². The zero-order valence-electron chi connectivity index (χ0n) is 14.9. The topological polar surface area (TPSA) is 60.1 Å². The molecular weight excluding hydrogens is 336 g/mol. The van der Waals surface area contributed by atoms with Crippen LogP contribution in [0.3, 0.4) is 0 Å². The van der Waals surface area contributed by atoms with Gasteiger partial charge in [-0.2, -0.15) is 5.10 Å². The van der Waals surface area contributed by atoms with Gasteiger partial charge in [-0.25, -0.2) is 9.48 Å². The van der Waals surface area contributed by atoms with Crippen molar-refractivity contribution in [1.29, 1.82) is 0 Å². The molecule has 1 saturated heterocycles. The van der Waals surface area contributed by atoms with Crippen LogP contribution in [0.4, 0.5) is 0 Å². The highest BCUT2D eigenvalue weighted by molar-refractivity contribution is 7.10. The second kappa shape index (κ2) is 7.39. The van der Waals surface area contributed by atoms with Gasteiger partial charge in [-0.05, 0) is 44.2 Å². The van der Waals surface area contributed by atoms with Crippen molar-refractivity contribution in [2.24, 2.45) is 7.05 Å². The number of piperidine rings is 1. The van der Waals surface area contributed by atoms with E-state index in [1.54, 1.807) is 29.0 Å². The Balaban J connectivity index is 1.76. The summed E-state index contributed by atoms with van der Waals surface area (Å²) >= 11 is 1.61. The van der Waals surface area contributed by atoms with E-state index >= 15 is 0 Å². The molecule has 6 nitrogen and oxygen atoms in total. The van der Waals surface area contributed by atoms with Gasteiger partial charge in [-0.15, -0.1) is 11.3 Å². The van der Waals surface area contributed by atoms with Crippen LogP contribution in [0, 0.1) is 0 Å². The van der Waals surface area contributed by atoms with Crippen molar-refractivity contribution in [3.63, 3.8) is 0 Å². The summed E-state index contributed by atoms with van der Waals surface area (Å²) in [5.41, 5.74) is -0.0916. The van der Waals surface area contributed by atoms with E-state index in [9.17, 15) is 9.59 Å². The molecular formula is C18H24N4O2S. The highest BCUT2D eigenvalue weighted by Crippen LogP contribution is 2.26. The Morgan fingerprint density at radius 2 is 2.24 bits per heavy atom. The summed E-state index contributed by atoms with van der Waals surface area (Å²) in [4.78, 5) is 27.7. The molecule has 0 N–H and O–H groups in total. The number of thiophene rings is 1. The van der Waals surface area contributed by atoms with Gasteiger partial charge in [0.25, 0.3) is 0 Å². The molecule has 0 saturated carbocycles. The molecule has 1 aliphatic rings. The number of hydrogen-bond donors (Lipinski definition) is 0. The molecule has 1 atom stereocenters. The Labute approximate surface area is 151 Å². The Bertz CT molecular complexity index is 817. The van der Waals surface area contributed by atoms with Crippen molar-refractivity contribution in [1.82, 2.24) is 19.2 Å². The van der Waals surface area contributed by atoms with Crippen LogP contribution in [-0.2, 0) is 11.8 Å². The lowest BCUT2D eigenvalue weighted by Gasteiger charge is -2.32. The summed E-state index contributed by atoms with van der Waals surface area (Å²) in [5.74, 6) is 0.916. The largest absolute Gasteiger partial charge is 0.345 e. The normalized spacial score (nSPS) is 18.4. The van der Waals surface area contributed by atoms with Gasteiger partial charge in [0.2, 0.25) is 5.91 Å². The molecule has 0 aliphatic carbocycles. The number of nitrogens with zero attached hydrogens (tertiary/aromatic N) is 4. The molecule has 134 valence electrons. The molecule has 1 aliphatic heterocycles. The van der Waals surface area contributed by atoms with Crippen LogP contribution >= 0.6 is 11.3 Å². The SMILES string of the molecule is CC(C)n1c(C2CCCN(C(=O)/C=C/c3cccs3)C2)nn(C)c1=O. The highest BCUT2D eigenvalue weighted by Gasteiger charge is 2.29. The minimum atomic E-state index is -0.0916. The number of likely N-dealkylation sites (tertiary alicyclic amines) is 1. The van der Waals surface area contributed by atoms with Crippen LogP contribution in [-0.4, -0.2) is 38.2 Å². The Hall–Kier alpha value is -2.15. The smallest absolute Gasteiger partial charge is 0.338 e. The maximum Gasteiger partial charge on any atom is 0.345 e. The molecule has 2 aromatic heterocycles. The minimum Gasteiger partial charge on any atom is -0.338 e. The number of rotatable bonds is 4. The van der Waals surface area contributed by atoms with Crippen molar-refractivity contribution in [3.8, 4) is 0 Å². The summed E-state index contributed by atoms with van der Waals surface area (Å²) in [6.07, 6.45) is 5.37. The number of aryl methyl sites for hydroxylation is 1. The predicted molar refractivity (Wildman–Crippen MR) is 99.8 cm³/mol. The van der Waals surface area contributed by atoms with E-state index in [4.69, 9.17) is 0 Å². The van der Waals surface area contributed by atoms with E-state index in [1.165, 1.54) is 4.68 Å².